The highest BCUT2D eigenvalue weighted by Crippen LogP contribution is 2.35. The maximum absolute atomic E-state index is 14.2. The normalized spacial score (nSPS) is 20.4. The molecule has 0 bridgehead atoms. The second kappa shape index (κ2) is 10.1. The van der Waals surface area contributed by atoms with Crippen molar-refractivity contribution >= 4 is 18.4 Å². The average Bonchev–Trinajstić information content (AvgIpc) is 2.82. The van der Waals surface area contributed by atoms with Gasteiger partial charge in [-0.05, 0) is 34.9 Å². The fraction of sp³-hybridized carbons (Fsp3) is 0.148. The molecule has 1 saturated heterocycles. The molecule has 0 aliphatic carbocycles. The minimum absolute atomic E-state index is 0.669. The lowest BCUT2D eigenvalue weighted by Crippen LogP contribution is -2.43. The molecule has 4 rings (SSSR count). The van der Waals surface area contributed by atoms with Gasteiger partial charge in [0.25, 0.3) is 0 Å². The Hall–Kier alpha value is -3.35. The molecule has 0 aromatic heterocycles. The molecule has 6 heteroatoms. The molecule has 0 amide bonds. The van der Waals surface area contributed by atoms with Crippen LogP contribution in [0.3, 0.4) is 0 Å². The van der Waals surface area contributed by atoms with Crippen LogP contribution in [0.5, 0.6) is 0 Å². The number of nitrogens with zero attached hydrogens (tertiary/aromatic N) is 1. The molecule has 3 aromatic carbocycles. The van der Waals surface area contributed by atoms with Crippen molar-refractivity contribution in [1.29, 1.82) is 0 Å². The fourth-order valence-corrected chi connectivity index (χ4v) is 3.77. The van der Waals surface area contributed by atoms with Crippen LogP contribution in [0.15, 0.2) is 103 Å². The Bertz CT molecular complexity index is 1100. The Kier molecular flexibility index (Phi) is 6.97. The minimum atomic E-state index is -4.37. The van der Waals surface area contributed by atoms with E-state index in [-0.39, 0.29) is 0 Å². The van der Waals surface area contributed by atoms with Crippen molar-refractivity contribution in [3.05, 3.63) is 126 Å². The molecule has 1 heterocycles. The van der Waals surface area contributed by atoms with Gasteiger partial charge in [-0.1, -0.05) is 84.9 Å². The van der Waals surface area contributed by atoms with Gasteiger partial charge in [0.05, 0.1) is 0 Å². The second-order valence-electron chi connectivity index (χ2n) is 8.07. The predicted octanol–water partition coefficient (Wildman–Crippen LogP) is 6.48. The molecule has 3 nitrogen and oxygen atoms in total. The zero-order valence-corrected chi connectivity index (χ0v) is 18.6. The first-order chi connectivity index (χ1) is 15.9. The van der Waals surface area contributed by atoms with Crippen LogP contribution in [0.25, 0.3) is 5.57 Å². The summed E-state index contributed by atoms with van der Waals surface area (Å²) >= 11 is 0. The van der Waals surface area contributed by atoms with Gasteiger partial charge in [0.2, 0.25) is 0 Å². The zero-order chi connectivity index (χ0) is 23.3. The molecule has 168 valence electrons. The number of anilines is 1. The molecule has 2 unspecified atom stereocenters. The van der Waals surface area contributed by atoms with Crippen LogP contribution in [-0.4, -0.2) is 27.3 Å². The Morgan fingerprint density at radius 2 is 1.45 bits per heavy atom. The van der Waals surface area contributed by atoms with E-state index in [2.05, 4.69) is 24.3 Å². The molecule has 1 fully saturated rings. The molecular formula is C27H26BF2NO2. The number of halogens is 2. The number of rotatable bonds is 6. The van der Waals surface area contributed by atoms with Gasteiger partial charge in [0.1, 0.15) is 6.42 Å². The molecule has 1 aliphatic rings. The fourth-order valence-electron chi connectivity index (χ4n) is 3.77. The highest BCUT2D eigenvalue weighted by molar-refractivity contribution is 6.52. The van der Waals surface area contributed by atoms with E-state index in [0.717, 1.165) is 22.4 Å². The second-order valence-corrected chi connectivity index (χ2v) is 8.07. The van der Waals surface area contributed by atoms with Crippen LogP contribution in [0.4, 0.5) is 14.3 Å². The van der Waals surface area contributed by atoms with Gasteiger partial charge in [0, 0.05) is 25.3 Å². The molecule has 0 N–H and O–H groups in total. The standard InChI is InChI=1S/C27H26BF2NO2/c1-31(2)24-18-16-22(17-19-24)26(21-10-5-3-6-11-21)15-9-14-25-20-27(33-28(29,30)32-25)23-12-7-4-8-13-23/h3-20,25,27H,1-2H3. The third kappa shape index (κ3) is 5.92. The van der Waals surface area contributed by atoms with Crippen molar-refractivity contribution in [2.75, 3.05) is 19.0 Å². The average molecular weight is 445 g/mol. The minimum Gasteiger partial charge on any atom is -0.470 e. The van der Waals surface area contributed by atoms with Crippen LogP contribution in [0.1, 0.15) is 22.8 Å². The highest BCUT2D eigenvalue weighted by atomic mass is 19.3. The Balaban J connectivity index is 1.59. The summed E-state index contributed by atoms with van der Waals surface area (Å²) in [6.45, 7) is 0. The van der Waals surface area contributed by atoms with E-state index in [1.807, 2.05) is 61.5 Å². The van der Waals surface area contributed by atoms with E-state index < -0.39 is 19.3 Å². The molecular weight excluding hydrogens is 419 g/mol. The molecule has 33 heavy (non-hydrogen) atoms. The first kappa shape index (κ1) is 22.8. The Morgan fingerprint density at radius 3 is 2.09 bits per heavy atom. The quantitative estimate of drug-likeness (QED) is 0.246. The molecule has 0 radical (unpaired) electrons. The van der Waals surface area contributed by atoms with Crippen molar-refractivity contribution in [3.63, 3.8) is 0 Å². The van der Waals surface area contributed by atoms with E-state index in [1.165, 1.54) is 0 Å². The van der Waals surface area contributed by atoms with Crippen LogP contribution in [-0.2, 0) is 9.31 Å². The van der Waals surface area contributed by atoms with E-state index in [4.69, 9.17) is 9.31 Å². The summed E-state index contributed by atoms with van der Waals surface area (Å²) in [5.74, 6) is 0. The number of hydrogen-bond donors (Lipinski definition) is 0. The number of benzene rings is 3. The monoisotopic (exact) mass is 445 g/mol. The van der Waals surface area contributed by atoms with Crippen LogP contribution in [0, 0.1) is 6.42 Å². The maximum atomic E-state index is 14.2. The van der Waals surface area contributed by atoms with Crippen molar-refractivity contribution in [2.45, 2.75) is 12.2 Å². The summed E-state index contributed by atoms with van der Waals surface area (Å²) < 4.78 is 38.1. The van der Waals surface area contributed by atoms with Crippen LogP contribution >= 0.6 is 0 Å². The lowest BCUT2D eigenvalue weighted by Gasteiger charge is -2.35. The summed E-state index contributed by atoms with van der Waals surface area (Å²) in [5.41, 5.74) is 4.82. The third-order valence-corrected chi connectivity index (χ3v) is 5.46. The lowest BCUT2D eigenvalue weighted by molar-refractivity contribution is 0.000823. The Labute approximate surface area is 194 Å². The summed E-state index contributed by atoms with van der Waals surface area (Å²) in [6, 6.07) is 27.2. The predicted molar refractivity (Wildman–Crippen MR) is 131 cm³/mol. The first-order valence-electron chi connectivity index (χ1n) is 10.9. The van der Waals surface area contributed by atoms with Crippen LogP contribution in [0.2, 0.25) is 0 Å². The highest BCUT2D eigenvalue weighted by Gasteiger charge is 2.45. The molecule has 1 aliphatic heterocycles. The van der Waals surface area contributed by atoms with Gasteiger partial charge >= 0.3 is 7.11 Å². The van der Waals surface area contributed by atoms with Crippen LogP contribution < -0.4 is 4.90 Å². The zero-order valence-electron chi connectivity index (χ0n) is 18.6. The topological polar surface area (TPSA) is 21.7 Å². The van der Waals surface area contributed by atoms with Crippen molar-refractivity contribution < 1.29 is 17.9 Å². The van der Waals surface area contributed by atoms with E-state index in [0.29, 0.717) is 5.56 Å². The van der Waals surface area contributed by atoms with Gasteiger partial charge in [-0.15, -0.1) is 0 Å². The lowest BCUT2D eigenvalue weighted by atomic mass is 9.95. The summed E-state index contributed by atoms with van der Waals surface area (Å²) in [7, 11) is -0.379. The summed E-state index contributed by atoms with van der Waals surface area (Å²) in [6.07, 6.45) is 5.26. The van der Waals surface area contributed by atoms with Crippen molar-refractivity contribution in [2.24, 2.45) is 0 Å². The number of allylic oxidation sites excluding steroid dienone is 2. The van der Waals surface area contributed by atoms with E-state index >= 15 is 0 Å². The molecule has 2 atom stereocenters. The third-order valence-electron chi connectivity index (χ3n) is 5.46. The first-order valence-corrected chi connectivity index (χ1v) is 10.9. The van der Waals surface area contributed by atoms with Gasteiger partial charge in [-0.25, -0.2) is 0 Å². The molecule has 0 spiro atoms. The SMILES string of the molecule is CN(C)c1ccc(C(=CC=CC2[CH+]C(c3ccccc3)O[B-](F)(F)O2)c2ccccc2)cc1. The van der Waals surface area contributed by atoms with Gasteiger partial charge in [-0.3, -0.25) is 0 Å². The van der Waals surface area contributed by atoms with Gasteiger partial charge < -0.3 is 22.8 Å². The summed E-state index contributed by atoms with van der Waals surface area (Å²) in [4.78, 5) is 2.04. The molecule has 0 saturated carbocycles. The van der Waals surface area contributed by atoms with Crippen molar-refractivity contribution in [1.82, 2.24) is 0 Å². The van der Waals surface area contributed by atoms with Gasteiger partial charge in [-0.2, -0.15) is 0 Å². The maximum Gasteiger partial charge on any atom is 0.608 e. The smallest absolute Gasteiger partial charge is 0.470 e. The number of hydrogen-bond acceptors (Lipinski definition) is 3. The van der Waals surface area contributed by atoms with Crippen molar-refractivity contribution in [3.8, 4) is 0 Å². The Morgan fingerprint density at radius 1 is 0.848 bits per heavy atom. The summed E-state index contributed by atoms with van der Waals surface area (Å²) in [5, 5.41) is 0. The van der Waals surface area contributed by atoms with Gasteiger partial charge in [0.15, 0.2) is 12.2 Å². The van der Waals surface area contributed by atoms with E-state index in [9.17, 15) is 8.63 Å². The van der Waals surface area contributed by atoms with E-state index in [1.54, 1.807) is 42.8 Å². The largest absolute Gasteiger partial charge is 0.608 e. The molecule has 3 aromatic rings.